The number of nitrogens with one attached hydrogen (secondary N) is 1. The van der Waals surface area contributed by atoms with Crippen molar-refractivity contribution in [3.63, 3.8) is 0 Å². The molecule has 1 aromatic carbocycles. The van der Waals surface area contributed by atoms with Gasteiger partial charge in [-0.2, -0.15) is 0 Å². The molecule has 1 atom stereocenters. The number of hydrogen-bond acceptors (Lipinski definition) is 4. The van der Waals surface area contributed by atoms with Crippen LogP contribution in [0.1, 0.15) is 27.2 Å². The first-order valence-corrected chi connectivity index (χ1v) is 7.76. The molecule has 1 amide bonds. The topological polar surface area (TPSA) is 64.6 Å². The largest absolute Gasteiger partial charge is 0.480 e. The highest BCUT2D eigenvalue weighted by Crippen LogP contribution is 2.22. The Morgan fingerprint density at radius 1 is 1.38 bits per heavy atom. The number of halogens is 2. The molecule has 0 saturated carbocycles. The predicted octanol–water partition coefficient (Wildman–Crippen LogP) is 3.26. The highest BCUT2D eigenvalue weighted by molar-refractivity contribution is 6.30. The van der Waals surface area contributed by atoms with E-state index in [9.17, 15) is 14.0 Å². The van der Waals surface area contributed by atoms with Crippen LogP contribution < -0.4 is 10.1 Å². The summed E-state index contributed by atoms with van der Waals surface area (Å²) in [6, 6.07) is 3.74. The van der Waals surface area contributed by atoms with E-state index in [1.807, 2.05) is 0 Å². The first kappa shape index (κ1) is 20.0. The Hall–Kier alpha value is -2.08. The Labute approximate surface area is 145 Å². The Balaban J connectivity index is 2.79. The minimum atomic E-state index is -0.825. The molecule has 24 heavy (non-hydrogen) atoms. The molecule has 0 aliphatic carbocycles. The number of carbonyl (C=O) groups is 2. The van der Waals surface area contributed by atoms with Gasteiger partial charge in [-0.3, -0.25) is 4.79 Å². The second-order valence-corrected chi connectivity index (χ2v) is 6.12. The third-order valence-electron chi connectivity index (χ3n) is 3.06. The van der Waals surface area contributed by atoms with Crippen molar-refractivity contribution in [1.29, 1.82) is 0 Å². The number of esters is 1. The Kier molecular flexibility index (Phi) is 7.22. The number of carbonyl (C=O) groups excluding carboxylic acids is 2. The van der Waals surface area contributed by atoms with Gasteiger partial charge in [0.15, 0.2) is 6.10 Å². The van der Waals surface area contributed by atoms with Crippen molar-refractivity contribution in [1.82, 2.24) is 5.32 Å². The number of hydrogen-bond donors (Lipinski definition) is 1. The fraction of sp³-hybridized carbons (Fsp3) is 0.412. The maximum atomic E-state index is 13.3. The van der Waals surface area contributed by atoms with Gasteiger partial charge in [0.1, 0.15) is 11.6 Å². The van der Waals surface area contributed by atoms with Crippen LogP contribution in [0, 0.1) is 5.82 Å². The summed E-state index contributed by atoms with van der Waals surface area (Å²) < 4.78 is 23.4. The molecule has 0 heterocycles. The van der Waals surface area contributed by atoms with E-state index in [-0.39, 0.29) is 10.8 Å². The summed E-state index contributed by atoms with van der Waals surface area (Å²) in [5.41, 5.74) is -0.790. The molecular weight excluding hydrogens is 337 g/mol. The first-order valence-electron chi connectivity index (χ1n) is 7.39. The number of benzene rings is 1. The van der Waals surface area contributed by atoms with E-state index < -0.39 is 29.3 Å². The third-order valence-corrected chi connectivity index (χ3v) is 3.28. The van der Waals surface area contributed by atoms with Gasteiger partial charge in [-0.1, -0.05) is 24.6 Å². The second kappa shape index (κ2) is 8.68. The van der Waals surface area contributed by atoms with Crippen molar-refractivity contribution >= 4 is 23.5 Å². The van der Waals surface area contributed by atoms with Gasteiger partial charge in [-0.05, 0) is 32.4 Å². The van der Waals surface area contributed by atoms with E-state index in [2.05, 4.69) is 10.1 Å². The molecule has 1 rings (SSSR count). The Morgan fingerprint density at radius 2 is 2.04 bits per heavy atom. The minimum Gasteiger partial charge on any atom is -0.480 e. The minimum absolute atomic E-state index is 0.171. The van der Waals surface area contributed by atoms with Crippen molar-refractivity contribution in [2.45, 2.75) is 38.8 Å². The molecule has 7 heteroatoms. The number of ether oxygens (including phenoxy) is 2. The molecule has 0 aliphatic rings. The molecule has 0 spiro atoms. The molecule has 5 nitrogen and oxygen atoms in total. The highest BCUT2D eigenvalue weighted by atomic mass is 35.5. The zero-order chi connectivity index (χ0) is 18.3. The SMILES string of the molecule is CCC(Oc1cc(F)cc(Cl)c1)C(=O)NC(C)(C)/C=C/C(=O)OC. The average Bonchev–Trinajstić information content (AvgIpc) is 2.48. The summed E-state index contributed by atoms with van der Waals surface area (Å²) >= 11 is 5.77. The van der Waals surface area contributed by atoms with Crippen LogP contribution >= 0.6 is 11.6 Å². The Morgan fingerprint density at radius 3 is 2.58 bits per heavy atom. The van der Waals surface area contributed by atoms with Gasteiger partial charge in [-0.15, -0.1) is 0 Å². The summed E-state index contributed by atoms with van der Waals surface area (Å²) in [6.45, 7) is 5.20. The molecular formula is C17H21ClFNO4. The van der Waals surface area contributed by atoms with Crippen LogP contribution in [0.3, 0.4) is 0 Å². The van der Waals surface area contributed by atoms with Gasteiger partial charge < -0.3 is 14.8 Å². The maximum Gasteiger partial charge on any atom is 0.330 e. The fourth-order valence-corrected chi connectivity index (χ4v) is 2.08. The predicted molar refractivity (Wildman–Crippen MR) is 89.5 cm³/mol. The molecule has 0 aromatic heterocycles. The number of amides is 1. The van der Waals surface area contributed by atoms with Crippen molar-refractivity contribution in [2.24, 2.45) is 0 Å². The summed E-state index contributed by atoms with van der Waals surface area (Å²) in [5, 5.41) is 2.93. The number of rotatable bonds is 7. The summed E-state index contributed by atoms with van der Waals surface area (Å²) in [4.78, 5) is 23.5. The van der Waals surface area contributed by atoms with Crippen molar-refractivity contribution in [3.05, 3.63) is 41.2 Å². The van der Waals surface area contributed by atoms with Gasteiger partial charge >= 0.3 is 5.97 Å². The molecule has 0 fully saturated rings. The molecule has 1 N–H and O–H groups in total. The molecule has 0 saturated heterocycles. The number of methoxy groups -OCH3 is 1. The molecule has 0 bridgehead atoms. The molecule has 132 valence electrons. The average molecular weight is 358 g/mol. The normalized spacial score (nSPS) is 12.8. The summed E-state index contributed by atoms with van der Waals surface area (Å²) in [6.07, 6.45) is 2.29. The van der Waals surface area contributed by atoms with Gasteiger partial charge in [0.2, 0.25) is 0 Å². The Bertz CT molecular complexity index is 611. The first-order chi connectivity index (χ1) is 11.2. The van der Waals surface area contributed by atoms with Crippen molar-refractivity contribution in [2.75, 3.05) is 7.11 Å². The lowest BCUT2D eigenvalue weighted by molar-refractivity contribution is -0.135. The van der Waals surface area contributed by atoms with Crippen LogP contribution in [0.5, 0.6) is 5.75 Å². The van der Waals surface area contributed by atoms with Crippen LogP contribution in [-0.2, 0) is 14.3 Å². The van der Waals surface area contributed by atoms with Crippen LogP contribution in [0.15, 0.2) is 30.4 Å². The molecule has 0 radical (unpaired) electrons. The quantitative estimate of drug-likeness (QED) is 0.601. The monoisotopic (exact) mass is 357 g/mol. The van der Waals surface area contributed by atoms with E-state index in [0.29, 0.717) is 6.42 Å². The van der Waals surface area contributed by atoms with E-state index in [0.717, 1.165) is 12.1 Å². The van der Waals surface area contributed by atoms with E-state index in [1.54, 1.807) is 20.8 Å². The standard InChI is InChI=1S/C17H21ClFNO4/c1-5-14(24-13-9-11(18)8-12(19)10-13)16(22)20-17(2,3)7-6-15(21)23-4/h6-10,14H,5H2,1-4H3,(H,20,22)/b7-6+. The van der Waals surface area contributed by atoms with Crippen LogP contribution in [0.25, 0.3) is 0 Å². The highest BCUT2D eigenvalue weighted by Gasteiger charge is 2.25. The van der Waals surface area contributed by atoms with E-state index in [1.165, 1.54) is 25.3 Å². The van der Waals surface area contributed by atoms with Crippen molar-refractivity contribution in [3.8, 4) is 5.75 Å². The summed E-state index contributed by atoms with van der Waals surface area (Å²) in [5.74, 6) is -1.29. The molecule has 1 unspecified atom stereocenters. The lowest BCUT2D eigenvalue weighted by atomic mass is 10.0. The van der Waals surface area contributed by atoms with Crippen LogP contribution in [-0.4, -0.2) is 30.6 Å². The molecule has 1 aromatic rings. The lowest BCUT2D eigenvalue weighted by Crippen LogP contribution is -2.48. The third kappa shape index (κ3) is 6.58. The van der Waals surface area contributed by atoms with Gasteiger partial charge in [0, 0.05) is 17.2 Å². The van der Waals surface area contributed by atoms with Crippen LogP contribution in [0.2, 0.25) is 5.02 Å². The zero-order valence-corrected chi connectivity index (χ0v) is 14.8. The van der Waals surface area contributed by atoms with Gasteiger partial charge in [0.05, 0.1) is 12.6 Å². The lowest BCUT2D eigenvalue weighted by Gasteiger charge is -2.26. The zero-order valence-electron chi connectivity index (χ0n) is 14.1. The molecule has 0 aliphatic heterocycles. The van der Waals surface area contributed by atoms with E-state index >= 15 is 0 Å². The fourth-order valence-electron chi connectivity index (χ4n) is 1.87. The van der Waals surface area contributed by atoms with E-state index in [4.69, 9.17) is 16.3 Å². The van der Waals surface area contributed by atoms with Crippen LogP contribution in [0.4, 0.5) is 4.39 Å². The maximum absolute atomic E-state index is 13.3. The smallest absolute Gasteiger partial charge is 0.330 e. The van der Waals surface area contributed by atoms with Gasteiger partial charge in [-0.25, -0.2) is 9.18 Å². The second-order valence-electron chi connectivity index (χ2n) is 5.69. The van der Waals surface area contributed by atoms with Crippen molar-refractivity contribution < 1.29 is 23.5 Å². The van der Waals surface area contributed by atoms with Gasteiger partial charge in [0.25, 0.3) is 5.91 Å². The summed E-state index contributed by atoms with van der Waals surface area (Å²) in [7, 11) is 1.27.